The van der Waals surface area contributed by atoms with E-state index in [2.05, 4.69) is 9.44 Å². The summed E-state index contributed by atoms with van der Waals surface area (Å²) in [7, 11) is -7.67. The maximum absolute atomic E-state index is 13.7. The number of anilines is 2. The van der Waals surface area contributed by atoms with Gasteiger partial charge in [0.05, 0.1) is 16.3 Å². The third-order valence-corrected chi connectivity index (χ3v) is 6.40. The van der Waals surface area contributed by atoms with Crippen LogP contribution in [-0.4, -0.2) is 16.8 Å². The Morgan fingerprint density at radius 2 is 1.32 bits per heavy atom. The summed E-state index contributed by atoms with van der Waals surface area (Å²) in [5.41, 5.74) is 0.680. The number of sulfonamides is 2. The Bertz CT molecular complexity index is 1160. The van der Waals surface area contributed by atoms with Crippen molar-refractivity contribution in [1.29, 1.82) is 0 Å². The molecule has 6 nitrogen and oxygen atoms in total. The SMILES string of the molecule is O=S(=O)(Cc1ccccc1)Nc1ccc(S(=O)(=O)Nc2ccccc2F)cc1. The second kappa shape index (κ2) is 7.99. The first-order chi connectivity index (χ1) is 13.3. The minimum atomic E-state index is -4.01. The number of rotatable bonds is 7. The van der Waals surface area contributed by atoms with Crippen LogP contribution in [0.25, 0.3) is 0 Å². The number of halogens is 1. The lowest BCUT2D eigenvalue weighted by Crippen LogP contribution is -2.16. The molecule has 0 aliphatic carbocycles. The fourth-order valence-electron chi connectivity index (χ4n) is 2.46. The van der Waals surface area contributed by atoms with Crippen LogP contribution in [0.3, 0.4) is 0 Å². The van der Waals surface area contributed by atoms with Crippen molar-refractivity contribution in [2.45, 2.75) is 10.6 Å². The van der Waals surface area contributed by atoms with Crippen molar-refractivity contribution in [3.63, 3.8) is 0 Å². The van der Waals surface area contributed by atoms with Crippen LogP contribution >= 0.6 is 0 Å². The minimum Gasteiger partial charge on any atom is -0.283 e. The van der Waals surface area contributed by atoms with E-state index in [1.165, 1.54) is 42.5 Å². The van der Waals surface area contributed by atoms with Crippen molar-refractivity contribution < 1.29 is 21.2 Å². The summed E-state index contributed by atoms with van der Waals surface area (Å²) in [4.78, 5) is -0.123. The number of hydrogen-bond donors (Lipinski definition) is 2. The van der Waals surface area contributed by atoms with Gasteiger partial charge >= 0.3 is 0 Å². The molecule has 0 unspecified atom stereocenters. The number of nitrogens with one attached hydrogen (secondary N) is 2. The number of para-hydroxylation sites is 1. The first-order valence-electron chi connectivity index (χ1n) is 8.17. The van der Waals surface area contributed by atoms with E-state index >= 15 is 0 Å². The van der Waals surface area contributed by atoms with E-state index in [0.717, 1.165) is 6.07 Å². The molecule has 3 rings (SSSR count). The van der Waals surface area contributed by atoms with E-state index in [9.17, 15) is 21.2 Å². The second-order valence-corrected chi connectivity index (χ2v) is 9.36. The van der Waals surface area contributed by atoms with Crippen molar-refractivity contribution in [3.05, 3.63) is 90.2 Å². The molecule has 0 aliphatic heterocycles. The van der Waals surface area contributed by atoms with E-state index in [0.29, 0.717) is 5.56 Å². The summed E-state index contributed by atoms with van der Waals surface area (Å²) in [5, 5.41) is 0. The van der Waals surface area contributed by atoms with E-state index in [-0.39, 0.29) is 22.0 Å². The molecule has 28 heavy (non-hydrogen) atoms. The largest absolute Gasteiger partial charge is 0.283 e. The van der Waals surface area contributed by atoms with Gasteiger partial charge in [-0.25, -0.2) is 21.2 Å². The molecule has 0 heterocycles. The zero-order valence-electron chi connectivity index (χ0n) is 14.5. The topological polar surface area (TPSA) is 92.3 Å². The molecular formula is C19H17FN2O4S2. The molecule has 0 saturated carbocycles. The third kappa shape index (κ3) is 5.08. The normalized spacial score (nSPS) is 11.8. The van der Waals surface area contributed by atoms with Gasteiger partial charge < -0.3 is 0 Å². The Hall–Kier alpha value is -2.91. The molecule has 2 N–H and O–H groups in total. The van der Waals surface area contributed by atoms with Crippen LogP contribution in [0, 0.1) is 5.82 Å². The second-order valence-electron chi connectivity index (χ2n) is 5.96. The molecule has 3 aromatic rings. The molecule has 0 saturated heterocycles. The maximum Gasteiger partial charge on any atom is 0.261 e. The molecule has 0 amide bonds. The summed E-state index contributed by atoms with van der Waals surface area (Å²) in [6.45, 7) is 0. The van der Waals surface area contributed by atoms with Crippen molar-refractivity contribution in [2.24, 2.45) is 0 Å². The van der Waals surface area contributed by atoms with Gasteiger partial charge in [0.2, 0.25) is 10.0 Å². The highest BCUT2D eigenvalue weighted by Crippen LogP contribution is 2.21. The lowest BCUT2D eigenvalue weighted by molar-refractivity contribution is 0.598. The van der Waals surface area contributed by atoms with Crippen LogP contribution in [0.1, 0.15) is 5.56 Å². The molecule has 3 aromatic carbocycles. The van der Waals surface area contributed by atoms with Gasteiger partial charge in [0, 0.05) is 5.69 Å². The van der Waals surface area contributed by atoms with Gasteiger partial charge in [0.1, 0.15) is 5.82 Å². The van der Waals surface area contributed by atoms with Crippen molar-refractivity contribution >= 4 is 31.4 Å². The smallest absolute Gasteiger partial charge is 0.261 e. The lowest BCUT2D eigenvalue weighted by Gasteiger charge is -2.11. The van der Waals surface area contributed by atoms with Crippen LogP contribution in [0.4, 0.5) is 15.8 Å². The Morgan fingerprint density at radius 3 is 1.96 bits per heavy atom. The quantitative estimate of drug-likeness (QED) is 0.611. The fourth-order valence-corrected chi connectivity index (χ4v) is 4.73. The van der Waals surface area contributed by atoms with Gasteiger partial charge in [-0.3, -0.25) is 9.44 Å². The highest BCUT2D eigenvalue weighted by atomic mass is 32.2. The monoisotopic (exact) mass is 420 g/mol. The van der Waals surface area contributed by atoms with Gasteiger partial charge in [0.25, 0.3) is 10.0 Å². The number of benzene rings is 3. The van der Waals surface area contributed by atoms with Crippen LogP contribution in [-0.2, 0) is 25.8 Å². The highest BCUT2D eigenvalue weighted by molar-refractivity contribution is 7.92. The van der Waals surface area contributed by atoms with Crippen LogP contribution in [0.2, 0.25) is 0 Å². The van der Waals surface area contributed by atoms with Gasteiger partial charge in [-0.2, -0.15) is 0 Å². The first-order valence-corrected chi connectivity index (χ1v) is 11.3. The Morgan fingerprint density at radius 1 is 0.714 bits per heavy atom. The summed E-state index contributed by atoms with van der Waals surface area (Å²) >= 11 is 0. The molecule has 0 spiro atoms. The van der Waals surface area contributed by atoms with Crippen molar-refractivity contribution in [1.82, 2.24) is 0 Å². The highest BCUT2D eigenvalue weighted by Gasteiger charge is 2.17. The lowest BCUT2D eigenvalue weighted by atomic mass is 10.2. The van der Waals surface area contributed by atoms with Gasteiger partial charge in [-0.1, -0.05) is 42.5 Å². The van der Waals surface area contributed by atoms with Gasteiger partial charge in [-0.15, -0.1) is 0 Å². The molecule has 0 radical (unpaired) electrons. The summed E-state index contributed by atoms with van der Waals surface area (Å²) in [5.74, 6) is -0.903. The van der Waals surface area contributed by atoms with Gasteiger partial charge in [0.15, 0.2) is 0 Å². The molecule has 9 heteroatoms. The standard InChI is InChI=1S/C19H17FN2O4S2/c20-18-8-4-5-9-19(18)22-28(25,26)17-12-10-16(11-13-17)21-27(23,24)14-15-6-2-1-3-7-15/h1-13,21-22H,14H2. The molecular weight excluding hydrogens is 403 g/mol. The van der Waals surface area contributed by atoms with Crippen LogP contribution in [0.15, 0.2) is 83.8 Å². The van der Waals surface area contributed by atoms with E-state index in [1.807, 2.05) is 0 Å². The zero-order valence-corrected chi connectivity index (χ0v) is 16.2. The number of hydrogen-bond acceptors (Lipinski definition) is 4. The van der Waals surface area contributed by atoms with Crippen molar-refractivity contribution in [2.75, 3.05) is 9.44 Å². The van der Waals surface area contributed by atoms with Crippen LogP contribution in [0.5, 0.6) is 0 Å². The molecule has 0 aliphatic rings. The summed E-state index contributed by atoms with van der Waals surface area (Å²) in [6.07, 6.45) is 0. The predicted molar refractivity (Wildman–Crippen MR) is 106 cm³/mol. The molecule has 0 fully saturated rings. The first kappa shape index (κ1) is 19.8. The maximum atomic E-state index is 13.7. The van der Waals surface area contributed by atoms with Crippen LogP contribution < -0.4 is 9.44 Å². The summed E-state index contributed by atoms with van der Waals surface area (Å²) < 4.78 is 67.5. The fraction of sp³-hybridized carbons (Fsp3) is 0.0526. The minimum absolute atomic E-state index is 0.123. The van der Waals surface area contributed by atoms with Gasteiger partial charge in [-0.05, 0) is 42.0 Å². The predicted octanol–water partition coefficient (Wildman–Crippen LogP) is 3.57. The average molecular weight is 420 g/mol. The molecule has 146 valence electrons. The van der Waals surface area contributed by atoms with E-state index in [4.69, 9.17) is 0 Å². The zero-order chi connectivity index (χ0) is 20.2. The molecule has 0 atom stereocenters. The molecule has 0 bridgehead atoms. The Kier molecular flexibility index (Phi) is 5.66. The summed E-state index contributed by atoms with van der Waals surface area (Å²) in [6, 6.07) is 19.2. The Balaban J connectivity index is 1.73. The third-order valence-electron chi connectivity index (χ3n) is 3.76. The average Bonchev–Trinajstić information content (AvgIpc) is 2.64. The Labute approximate surface area is 163 Å². The van der Waals surface area contributed by atoms with Crippen molar-refractivity contribution in [3.8, 4) is 0 Å². The van der Waals surface area contributed by atoms with E-state index < -0.39 is 25.9 Å². The van der Waals surface area contributed by atoms with E-state index in [1.54, 1.807) is 30.3 Å². The molecule has 0 aromatic heterocycles.